The minimum atomic E-state index is -1.28. The lowest BCUT2D eigenvalue weighted by Gasteiger charge is -2.25. The van der Waals surface area contributed by atoms with Crippen LogP contribution >= 0.6 is 0 Å². The Morgan fingerprint density at radius 1 is 1.26 bits per heavy atom. The number of nitriles is 2. The third kappa shape index (κ3) is 3.30. The van der Waals surface area contributed by atoms with Crippen molar-refractivity contribution in [1.29, 1.82) is 10.5 Å². The molecule has 0 fully saturated rings. The summed E-state index contributed by atoms with van der Waals surface area (Å²) in [7, 11) is 0. The summed E-state index contributed by atoms with van der Waals surface area (Å²) in [6.07, 6.45) is 0.0452. The number of aromatic nitrogens is 2. The fourth-order valence-corrected chi connectivity index (χ4v) is 2.66. The van der Waals surface area contributed by atoms with E-state index in [1.54, 1.807) is 6.92 Å². The molecule has 1 aromatic heterocycles. The Labute approximate surface area is 135 Å². The Bertz CT molecular complexity index is 779. The van der Waals surface area contributed by atoms with Gasteiger partial charge >= 0.3 is 0 Å². The van der Waals surface area contributed by atoms with Crippen molar-refractivity contribution in [2.75, 3.05) is 0 Å². The lowest BCUT2D eigenvalue weighted by molar-refractivity contribution is 0.0863. The topological polar surface area (TPSA) is 82.5 Å². The molecule has 5 heteroatoms. The van der Waals surface area contributed by atoms with Gasteiger partial charge in [0, 0.05) is 18.0 Å². The second-order valence-corrected chi connectivity index (χ2v) is 5.83. The van der Waals surface area contributed by atoms with Crippen molar-refractivity contribution in [1.82, 2.24) is 9.78 Å². The molecule has 0 aliphatic rings. The van der Waals surface area contributed by atoms with Crippen LogP contribution in [0, 0.1) is 41.9 Å². The first kappa shape index (κ1) is 16.5. The van der Waals surface area contributed by atoms with Crippen molar-refractivity contribution in [2.45, 2.75) is 33.1 Å². The smallest absolute Gasteiger partial charge is 0.247 e. The minimum Gasteiger partial charge on any atom is -0.273 e. The Morgan fingerprint density at radius 2 is 1.87 bits per heavy atom. The van der Waals surface area contributed by atoms with Crippen LogP contribution in [0.3, 0.4) is 0 Å². The van der Waals surface area contributed by atoms with Crippen molar-refractivity contribution in [3.05, 3.63) is 53.3 Å². The first-order chi connectivity index (χ1) is 10.9. The van der Waals surface area contributed by atoms with E-state index in [4.69, 9.17) is 0 Å². The van der Waals surface area contributed by atoms with Crippen LogP contribution < -0.4 is 0 Å². The lowest BCUT2D eigenvalue weighted by Crippen LogP contribution is -2.27. The molecule has 2 rings (SSSR count). The van der Waals surface area contributed by atoms with Gasteiger partial charge in [0.1, 0.15) is 5.41 Å². The number of carbonyl (C=O) groups excluding carboxylic acids is 1. The molecule has 0 saturated heterocycles. The van der Waals surface area contributed by atoms with E-state index in [0.717, 1.165) is 17.0 Å². The number of aryl methyl sites for hydroxylation is 2. The predicted molar refractivity (Wildman–Crippen MR) is 85.5 cm³/mol. The summed E-state index contributed by atoms with van der Waals surface area (Å²) in [6.45, 7) is 5.20. The molecule has 23 heavy (non-hydrogen) atoms. The first-order valence-electron chi connectivity index (χ1n) is 7.35. The predicted octanol–water partition coefficient (Wildman–Crippen LogP) is 3.37. The van der Waals surface area contributed by atoms with Crippen molar-refractivity contribution in [2.24, 2.45) is 5.41 Å². The summed E-state index contributed by atoms with van der Waals surface area (Å²) in [6, 6.07) is 15.2. The van der Waals surface area contributed by atoms with E-state index in [1.807, 2.05) is 50.2 Å². The van der Waals surface area contributed by atoms with E-state index in [2.05, 4.69) is 17.2 Å². The van der Waals surface area contributed by atoms with Gasteiger partial charge in [-0.25, -0.2) is 4.68 Å². The third-order valence-corrected chi connectivity index (χ3v) is 3.99. The highest BCUT2D eigenvalue weighted by atomic mass is 16.2. The van der Waals surface area contributed by atoms with Gasteiger partial charge in [-0.3, -0.25) is 4.79 Å². The van der Waals surface area contributed by atoms with Gasteiger partial charge < -0.3 is 0 Å². The van der Waals surface area contributed by atoms with Crippen molar-refractivity contribution < 1.29 is 4.79 Å². The Morgan fingerprint density at radius 3 is 2.35 bits per heavy atom. The molecule has 1 atom stereocenters. The molecule has 2 aromatic rings. The third-order valence-electron chi connectivity index (χ3n) is 3.99. The summed E-state index contributed by atoms with van der Waals surface area (Å²) >= 11 is 0. The van der Waals surface area contributed by atoms with Crippen LogP contribution in [-0.4, -0.2) is 15.7 Å². The zero-order valence-corrected chi connectivity index (χ0v) is 13.4. The maximum Gasteiger partial charge on any atom is 0.247 e. The molecular weight excluding hydrogens is 288 g/mol. The minimum absolute atomic E-state index is 0.0452. The van der Waals surface area contributed by atoms with Gasteiger partial charge in [-0.15, -0.1) is 0 Å². The monoisotopic (exact) mass is 306 g/mol. The zero-order chi connectivity index (χ0) is 17.0. The van der Waals surface area contributed by atoms with Crippen LogP contribution in [0.4, 0.5) is 0 Å². The maximum absolute atomic E-state index is 12.6. The van der Waals surface area contributed by atoms with Gasteiger partial charge in [0.05, 0.1) is 17.8 Å². The highest BCUT2D eigenvalue weighted by molar-refractivity contribution is 5.80. The quantitative estimate of drug-likeness (QED) is 0.867. The van der Waals surface area contributed by atoms with E-state index in [1.165, 1.54) is 4.68 Å². The number of carbonyl (C=O) groups is 1. The second-order valence-electron chi connectivity index (χ2n) is 5.83. The summed E-state index contributed by atoms with van der Waals surface area (Å²) in [5, 5.41) is 23.1. The Kier molecular flexibility index (Phi) is 4.62. The van der Waals surface area contributed by atoms with Crippen LogP contribution in [0.25, 0.3) is 0 Å². The van der Waals surface area contributed by atoms with Gasteiger partial charge in [0.2, 0.25) is 5.91 Å². The fourth-order valence-electron chi connectivity index (χ4n) is 2.66. The lowest BCUT2D eigenvalue weighted by atomic mass is 9.73. The fraction of sp³-hybridized carbons (Fsp3) is 0.333. The summed E-state index contributed by atoms with van der Waals surface area (Å²) < 4.78 is 1.35. The largest absolute Gasteiger partial charge is 0.273 e. The van der Waals surface area contributed by atoms with Gasteiger partial charge in [0.15, 0.2) is 0 Å². The summed E-state index contributed by atoms with van der Waals surface area (Å²) in [5.41, 5.74) is 1.02. The molecule has 1 heterocycles. The molecule has 5 nitrogen and oxygen atoms in total. The van der Waals surface area contributed by atoms with Crippen molar-refractivity contribution >= 4 is 5.91 Å². The molecule has 0 bridgehead atoms. The molecule has 0 aliphatic carbocycles. The molecule has 0 saturated carbocycles. The average Bonchev–Trinajstić information content (AvgIpc) is 2.91. The van der Waals surface area contributed by atoms with Gasteiger partial charge in [-0.2, -0.15) is 15.6 Å². The van der Waals surface area contributed by atoms with Crippen LogP contribution in [-0.2, 0) is 0 Å². The molecule has 0 spiro atoms. The SMILES string of the molecule is Cc1cc(C)n(C(=O)C[C@H](c2ccccc2)C(C)(C#N)C#N)n1. The highest BCUT2D eigenvalue weighted by Crippen LogP contribution is 2.38. The van der Waals surface area contributed by atoms with E-state index >= 15 is 0 Å². The zero-order valence-electron chi connectivity index (χ0n) is 13.4. The van der Waals surface area contributed by atoms with Gasteiger partial charge in [-0.05, 0) is 32.4 Å². The number of rotatable bonds is 4. The number of nitrogens with zero attached hydrogens (tertiary/aromatic N) is 4. The van der Waals surface area contributed by atoms with Gasteiger partial charge in [0.25, 0.3) is 0 Å². The summed E-state index contributed by atoms with van der Waals surface area (Å²) in [4.78, 5) is 12.6. The van der Waals surface area contributed by atoms with Crippen LogP contribution in [0.15, 0.2) is 36.4 Å². The second kappa shape index (κ2) is 6.46. The number of hydrogen-bond donors (Lipinski definition) is 0. The van der Waals surface area contributed by atoms with Gasteiger partial charge in [-0.1, -0.05) is 30.3 Å². The standard InChI is InChI=1S/C18H18N4O/c1-13-9-14(2)22(21-13)17(23)10-16(18(3,11-19)12-20)15-7-5-4-6-8-15/h4-9,16H,10H2,1-3H3/t16-/m1/s1. The van der Waals surface area contributed by atoms with E-state index < -0.39 is 11.3 Å². The van der Waals surface area contributed by atoms with E-state index in [9.17, 15) is 15.3 Å². The Hall–Kier alpha value is -2.92. The first-order valence-corrected chi connectivity index (χ1v) is 7.35. The maximum atomic E-state index is 12.6. The molecule has 0 aliphatic heterocycles. The highest BCUT2D eigenvalue weighted by Gasteiger charge is 2.37. The normalized spacial score (nSPS) is 12.2. The van der Waals surface area contributed by atoms with Crippen LogP contribution in [0.2, 0.25) is 0 Å². The molecule has 0 unspecified atom stereocenters. The molecule has 116 valence electrons. The summed E-state index contributed by atoms with van der Waals surface area (Å²) in [5.74, 6) is -0.740. The molecule has 0 amide bonds. The number of hydrogen-bond acceptors (Lipinski definition) is 4. The van der Waals surface area contributed by atoms with E-state index in [-0.39, 0.29) is 12.3 Å². The van der Waals surface area contributed by atoms with Crippen LogP contribution in [0.1, 0.15) is 41.0 Å². The number of benzene rings is 1. The molecule has 0 radical (unpaired) electrons. The Balaban J connectivity index is 2.40. The van der Waals surface area contributed by atoms with E-state index in [0.29, 0.717) is 0 Å². The molecular formula is C18H18N4O. The average molecular weight is 306 g/mol. The molecule has 1 aromatic carbocycles. The molecule has 0 N–H and O–H groups in total. The van der Waals surface area contributed by atoms with Crippen molar-refractivity contribution in [3.8, 4) is 12.1 Å². The van der Waals surface area contributed by atoms with Crippen LogP contribution in [0.5, 0.6) is 0 Å². The van der Waals surface area contributed by atoms with Crippen molar-refractivity contribution in [3.63, 3.8) is 0 Å².